The van der Waals surface area contributed by atoms with Gasteiger partial charge in [-0.1, -0.05) is 18.7 Å². The minimum atomic E-state index is -4.77. The molecule has 188 valence electrons. The molecule has 0 bridgehead atoms. The summed E-state index contributed by atoms with van der Waals surface area (Å²) in [6.07, 6.45) is 0.250. The fourth-order valence-electron chi connectivity index (χ4n) is 3.37. The van der Waals surface area contributed by atoms with Gasteiger partial charge >= 0.3 is 18.1 Å². The van der Waals surface area contributed by atoms with Crippen LogP contribution in [0, 0.1) is 5.92 Å². The largest absolute Gasteiger partial charge is 0.491 e. The minimum Gasteiger partial charge on any atom is -0.491 e. The van der Waals surface area contributed by atoms with Crippen LogP contribution in [0.15, 0.2) is 60.9 Å². The van der Waals surface area contributed by atoms with Gasteiger partial charge in [-0.15, -0.1) is 0 Å². The van der Waals surface area contributed by atoms with Gasteiger partial charge in [0.05, 0.1) is 17.7 Å². The number of rotatable bonds is 10. The van der Waals surface area contributed by atoms with Crippen molar-refractivity contribution in [3.63, 3.8) is 0 Å². The normalized spacial score (nSPS) is 20.1. The van der Waals surface area contributed by atoms with Crippen LogP contribution in [0.4, 0.5) is 13.2 Å². The van der Waals surface area contributed by atoms with E-state index in [1.165, 1.54) is 24.3 Å². The zero-order valence-electron chi connectivity index (χ0n) is 18.4. The van der Waals surface area contributed by atoms with Crippen molar-refractivity contribution in [2.24, 2.45) is 5.92 Å². The molecule has 0 fully saturated rings. The Hall–Kier alpha value is -3.57. The van der Waals surface area contributed by atoms with Gasteiger partial charge in [-0.3, -0.25) is 0 Å². The predicted octanol–water partition coefficient (Wildman–Crippen LogP) is 2.56. The average molecular weight is 496 g/mol. The van der Waals surface area contributed by atoms with Crippen molar-refractivity contribution >= 4 is 17.5 Å². The zero-order valence-corrected chi connectivity index (χ0v) is 18.4. The molecule has 0 spiro atoms. The van der Waals surface area contributed by atoms with Crippen molar-refractivity contribution in [2.75, 3.05) is 26.4 Å². The number of esters is 2. The molecule has 1 heterocycles. The van der Waals surface area contributed by atoms with Gasteiger partial charge in [-0.05, 0) is 30.4 Å². The van der Waals surface area contributed by atoms with Crippen LogP contribution in [0.3, 0.4) is 0 Å². The second kappa shape index (κ2) is 11.2. The second-order valence-corrected chi connectivity index (χ2v) is 7.53. The van der Waals surface area contributed by atoms with Crippen LogP contribution in [0.5, 0.6) is 5.75 Å². The zero-order chi connectivity index (χ0) is 25.6. The Morgan fingerprint density at radius 3 is 2.69 bits per heavy atom. The highest BCUT2D eigenvalue weighted by atomic mass is 19.4. The number of ether oxygens (including phenoxy) is 4. The number of benzene rings is 1. The first-order valence-electron chi connectivity index (χ1n) is 10.5. The smallest absolute Gasteiger partial charge is 0.417 e. The highest BCUT2D eigenvalue weighted by molar-refractivity contribution is 6.17. The summed E-state index contributed by atoms with van der Waals surface area (Å²) >= 11 is 0. The van der Waals surface area contributed by atoms with Crippen LogP contribution in [-0.2, 0) is 30.0 Å². The van der Waals surface area contributed by atoms with E-state index in [4.69, 9.17) is 24.1 Å². The van der Waals surface area contributed by atoms with Crippen LogP contribution < -0.4 is 4.74 Å². The van der Waals surface area contributed by atoms with Crippen LogP contribution in [-0.4, -0.2) is 60.8 Å². The summed E-state index contributed by atoms with van der Waals surface area (Å²) in [7, 11) is 0. The molecule has 3 rings (SSSR count). The summed E-state index contributed by atoms with van der Waals surface area (Å²) in [6.45, 7) is 2.18. The number of alkyl halides is 3. The molecular formula is C24H23F3O8. The summed E-state index contributed by atoms with van der Waals surface area (Å²) < 4.78 is 61.7. The number of carbonyl (C=O) groups is 2. The van der Waals surface area contributed by atoms with E-state index in [2.05, 4.69) is 6.58 Å². The monoisotopic (exact) mass is 496 g/mol. The number of allylic oxidation sites excluding steroid dienone is 1. The molecule has 2 N–H and O–H groups in total. The minimum absolute atomic E-state index is 0.0958. The Morgan fingerprint density at radius 1 is 1.23 bits per heavy atom. The lowest BCUT2D eigenvalue weighted by molar-refractivity contribution is -0.142. The van der Waals surface area contributed by atoms with Crippen molar-refractivity contribution in [1.29, 1.82) is 0 Å². The highest BCUT2D eigenvalue weighted by Crippen LogP contribution is 2.40. The molecule has 1 aromatic rings. The van der Waals surface area contributed by atoms with Crippen molar-refractivity contribution < 1.29 is 51.9 Å². The molecule has 3 unspecified atom stereocenters. The molecule has 1 aliphatic heterocycles. The molecule has 3 atom stereocenters. The molecule has 1 aliphatic carbocycles. The lowest BCUT2D eigenvalue weighted by atomic mass is 9.88. The lowest BCUT2D eigenvalue weighted by Crippen LogP contribution is -2.31. The molecule has 1 aromatic carbocycles. The number of fused-ring (bicyclic) bond motifs is 1. The summed E-state index contributed by atoms with van der Waals surface area (Å²) in [5.41, 5.74) is -1.66. The fraction of sp³-hybridized carbons (Fsp3) is 0.333. The fourth-order valence-corrected chi connectivity index (χ4v) is 3.37. The number of aliphatic hydroxyl groups excluding tert-OH is 2. The van der Waals surface area contributed by atoms with Gasteiger partial charge in [-0.25, -0.2) is 9.59 Å². The Balaban J connectivity index is 1.74. The van der Waals surface area contributed by atoms with E-state index < -0.39 is 41.8 Å². The second-order valence-electron chi connectivity index (χ2n) is 7.53. The van der Waals surface area contributed by atoms with E-state index in [-0.39, 0.29) is 49.1 Å². The molecule has 0 aromatic heterocycles. The van der Waals surface area contributed by atoms with E-state index in [1.807, 2.05) is 0 Å². The molecule has 0 amide bonds. The van der Waals surface area contributed by atoms with Crippen molar-refractivity contribution in [2.45, 2.75) is 18.4 Å². The van der Waals surface area contributed by atoms with E-state index in [0.29, 0.717) is 0 Å². The predicted molar refractivity (Wildman–Crippen MR) is 116 cm³/mol. The van der Waals surface area contributed by atoms with Gasteiger partial charge in [0.2, 0.25) is 0 Å². The van der Waals surface area contributed by atoms with E-state index >= 15 is 0 Å². The summed E-state index contributed by atoms with van der Waals surface area (Å²) in [5, 5.41) is 18.6. The third-order valence-electron chi connectivity index (χ3n) is 4.99. The van der Waals surface area contributed by atoms with Gasteiger partial charge in [0.1, 0.15) is 43.5 Å². The topological polar surface area (TPSA) is 112 Å². The summed E-state index contributed by atoms with van der Waals surface area (Å²) in [4.78, 5) is 23.7. The van der Waals surface area contributed by atoms with Crippen LogP contribution in [0.2, 0.25) is 0 Å². The molecule has 8 nitrogen and oxygen atoms in total. The molecule has 2 aliphatic rings. The van der Waals surface area contributed by atoms with Gasteiger partial charge in [0.15, 0.2) is 0 Å². The van der Waals surface area contributed by atoms with Crippen LogP contribution in [0.1, 0.15) is 11.1 Å². The van der Waals surface area contributed by atoms with Crippen molar-refractivity contribution in [3.8, 4) is 5.75 Å². The summed E-state index contributed by atoms with van der Waals surface area (Å²) in [5.74, 6) is -2.00. The van der Waals surface area contributed by atoms with E-state index in [1.54, 1.807) is 6.08 Å². The summed E-state index contributed by atoms with van der Waals surface area (Å²) in [6, 6.07) is 3.17. The third-order valence-corrected chi connectivity index (χ3v) is 4.99. The van der Waals surface area contributed by atoms with Gasteiger partial charge in [0, 0.05) is 17.6 Å². The maximum Gasteiger partial charge on any atom is 0.417 e. The standard InChI is InChI=1S/C24H23F3O8/c1-2-22(30)34-13-15(29)12-33-17-4-3-14-9-19(23(31)35-21(14)11-17)18-6-5-16(32-8-7-28)10-20(18)24(25,26)27/h2-6,9-11,14-15,21,28-29H,1,7-8,12-13H2. The van der Waals surface area contributed by atoms with E-state index in [0.717, 1.165) is 18.2 Å². The Bertz CT molecular complexity index is 1060. The van der Waals surface area contributed by atoms with Crippen LogP contribution >= 0.6 is 0 Å². The first-order valence-corrected chi connectivity index (χ1v) is 10.5. The van der Waals surface area contributed by atoms with Gasteiger partial charge < -0.3 is 29.2 Å². The Morgan fingerprint density at radius 2 is 2.00 bits per heavy atom. The molecule has 0 saturated heterocycles. The molecular weight excluding hydrogens is 473 g/mol. The quantitative estimate of drug-likeness (QED) is 0.376. The van der Waals surface area contributed by atoms with E-state index in [9.17, 15) is 27.9 Å². The van der Waals surface area contributed by atoms with Crippen molar-refractivity contribution in [1.82, 2.24) is 0 Å². The number of carbonyl (C=O) groups excluding carboxylic acids is 2. The molecule has 0 saturated carbocycles. The lowest BCUT2D eigenvalue weighted by Gasteiger charge is -2.30. The van der Waals surface area contributed by atoms with Crippen molar-refractivity contribution in [3.05, 3.63) is 72.0 Å². The first kappa shape index (κ1) is 26.0. The molecule has 0 radical (unpaired) electrons. The maximum absolute atomic E-state index is 13.7. The SMILES string of the molecule is C=CC(=O)OCC(O)COC1=CC2OC(=O)C(c3ccc(OCCO)cc3C(F)(F)F)=CC2C=C1. The molecule has 35 heavy (non-hydrogen) atoms. The Labute approximate surface area is 198 Å². The van der Waals surface area contributed by atoms with Gasteiger partial charge in [-0.2, -0.15) is 13.2 Å². The Kier molecular flexibility index (Phi) is 8.36. The number of hydrogen-bond donors (Lipinski definition) is 2. The maximum atomic E-state index is 13.7. The van der Waals surface area contributed by atoms with Gasteiger partial charge in [0.25, 0.3) is 0 Å². The number of aliphatic hydroxyl groups is 2. The number of halogens is 3. The first-order chi connectivity index (χ1) is 16.6. The van der Waals surface area contributed by atoms with Crippen LogP contribution in [0.25, 0.3) is 5.57 Å². The average Bonchev–Trinajstić information content (AvgIpc) is 2.83. The third kappa shape index (κ3) is 6.74. The number of hydrogen-bond acceptors (Lipinski definition) is 8. The highest BCUT2D eigenvalue weighted by Gasteiger charge is 2.39. The molecule has 11 heteroatoms.